The first-order valence-corrected chi connectivity index (χ1v) is 6.81. The molecule has 0 aromatic carbocycles. The summed E-state index contributed by atoms with van der Waals surface area (Å²) in [5, 5.41) is 3.39. The molecule has 0 radical (unpaired) electrons. The highest BCUT2D eigenvalue weighted by Crippen LogP contribution is 2.20. The third-order valence-electron chi connectivity index (χ3n) is 3.12. The molecule has 0 aromatic rings. The lowest BCUT2D eigenvalue weighted by Crippen LogP contribution is -2.46. The number of guanidine groups is 1. The summed E-state index contributed by atoms with van der Waals surface area (Å²) >= 11 is 0. The molecule has 0 aromatic heterocycles. The van der Waals surface area contributed by atoms with Crippen LogP contribution in [-0.2, 0) is 4.74 Å². The Kier molecular flexibility index (Phi) is 12.0. The number of rotatable bonds is 6. The van der Waals surface area contributed by atoms with E-state index in [4.69, 9.17) is 4.74 Å². The van der Waals surface area contributed by atoms with Gasteiger partial charge in [0.25, 0.3) is 0 Å². The fraction of sp³-hybridized carbons (Fsp3) is 0.929. The maximum Gasteiger partial charge on any atom is 0.193 e. The van der Waals surface area contributed by atoms with Gasteiger partial charge in [-0.3, -0.25) is 4.99 Å². The van der Waals surface area contributed by atoms with E-state index in [2.05, 4.69) is 50.0 Å². The second-order valence-corrected chi connectivity index (χ2v) is 5.79. The zero-order valence-electron chi connectivity index (χ0n) is 13.6. The van der Waals surface area contributed by atoms with E-state index in [-0.39, 0.29) is 35.5 Å². The molecule has 0 bridgehead atoms. The average Bonchev–Trinajstić information content (AvgIpc) is 2.30. The van der Waals surface area contributed by atoms with E-state index in [1.807, 2.05) is 7.05 Å². The van der Waals surface area contributed by atoms with Crippen molar-refractivity contribution in [2.75, 3.05) is 34.3 Å². The van der Waals surface area contributed by atoms with Crippen LogP contribution in [0.1, 0.15) is 40.5 Å². The van der Waals surface area contributed by atoms with E-state index < -0.39 is 0 Å². The van der Waals surface area contributed by atoms with Crippen LogP contribution < -0.4 is 5.32 Å². The Balaban J connectivity index is 0. The van der Waals surface area contributed by atoms with Crippen LogP contribution in [0.2, 0.25) is 0 Å². The minimum absolute atomic E-state index is 0. The van der Waals surface area contributed by atoms with Gasteiger partial charge < -0.3 is 15.0 Å². The number of nitrogens with zero attached hydrogens (tertiary/aromatic N) is 2. The van der Waals surface area contributed by atoms with Crippen molar-refractivity contribution in [1.29, 1.82) is 0 Å². The topological polar surface area (TPSA) is 36.9 Å². The van der Waals surface area contributed by atoms with Gasteiger partial charge in [-0.15, -0.1) is 24.0 Å². The lowest BCUT2D eigenvalue weighted by molar-refractivity contribution is 0.0202. The summed E-state index contributed by atoms with van der Waals surface area (Å²) in [5.41, 5.74) is 0.128. The zero-order valence-corrected chi connectivity index (χ0v) is 15.9. The number of halogens is 1. The van der Waals surface area contributed by atoms with Crippen molar-refractivity contribution >= 4 is 29.9 Å². The van der Waals surface area contributed by atoms with Gasteiger partial charge in [0.2, 0.25) is 0 Å². The Morgan fingerprint density at radius 3 is 2.32 bits per heavy atom. The van der Waals surface area contributed by atoms with Crippen LogP contribution in [0, 0.1) is 5.41 Å². The Hall–Kier alpha value is -0.0400. The van der Waals surface area contributed by atoms with Crippen LogP contribution in [-0.4, -0.2) is 51.3 Å². The van der Waals surface area contributed by atoms with Crippen molar-refractivity contribution in [3.63, 3.8) is 0 Å². The number of methoxy groups -OCH3 is 1. The van der Waals surface area contributed by atoms with E-state index in [9.17, 15) is 0 Å². The van der Waals surface area contributed by atoms with Crippen molar-refractivity contribution in [3.8, 4) is 0 Å². The van der Waals surface area contributed by atoms with Gasteiger partial charge in [0, 0.05) is 34.3 Å². The van der Waals surface area contributed by atoms with Crippen molar-refractivity contribution in [3.05, 3.63) is 0 Å². The highest BCUT2D eigenvalue weighted by molar-refractivity contribution is 14.0. The number of unbranched alkanes of at least 4 members (excludes halogenated alkanes) is 1. The molecule has 0 heterocycles. The van der Waals surface area contributed by atoms with Gasteiger partial charge in [-0.2, -0.15) is 0 Å². The quantitative estimate of drug-likeness (QED) is 0.434. The molecule has 0 fully saturated rings. The number of nitrogens with one attached hydrogen (secondary N) is 1. The molecular weight excluding hydrogens is 353 g/mol. The molecule has 1 atom stereocenters. The molecule has 116 valence electrons. The molecule has 0 aliphatic rings. The highest BCUT2D eigenvalue weighted by Gasteiger charge is 2.24. The van der Waals surface area contributed by atoms with Crippen molar-refractivity contribution < 1.29 is 4.74 Å². The number of ether oxygens (including phenoxy) is 1. The summed E-state index contributed by atoms with van der Waals surface area (Å²) in [6.07, 6.45) is 2.56. The van der Waals surface area contributed by atoms with E-state index in [0.717, 1.165) is 19.0 Å². The maximum absolute atomic E-state index is 5.53. The molecule has 19 heavy (non-hydrogen) atoms. The molecule has 0 saturated carbocycles. The predicted molar refractivity (Wildman–Crippen MR) is 94.6 cm³/mol. The fourth-order valence-corrected chi connectivity index (χ4v) is 1.81. The lowest BCUT2D eigenvalue weighted by Gasteiger charge is -2.31. The van der Waals surface area contributed by atoms with Gasteiger partial charge in [-0.1, -0.05) is 34.1 Å². The van der Waals surface area contributed by atoms with Gasteiger partial charge in [0.15, 0.2) is 5.96 Å². The molecular formula is C14H32IN3O. The normalized spacial score (nSPS) is 13.7. The number of hydrogen-bond acceptors (Lipinski definition) is 2. The second kappa shape index (κ2) is 10.7. The third-order valence-corrected chi connectivity index (χ3v) is 3.12. The van der Waals surface area contributed by atoms with Crippen LogP contribution in [0.3, 0.4) is 0 Å². The number of hydrogen-bond donors (Lipinski definition) is 1. The minimum Gasteiger partial charge on any atom is -0.379 e. The monoisotopic (exact) mass is 385 g/mol. The SMILES string of the molecule is CCCCN(C)C(=NC)NCC(OC)C(C)(C)C.I. The van der Waals surface area contributed by atoms with Gasteiger partial charge in [-0.05, 0) is 11.8 Å². The van der Waals surface area contributed by atoms with Crippen molar-refractivity contribution in [1.82, 2.24) is 10.2 Å². The molecule has 0 aliphatic carbocycles. The minimum atomic E-state index is 0. The van der Waals surface area contributed by atoms with Crippen LogP contribution in [0.15, 0.2) is 4.99 Å². The molecule has 0 spiro atoms. The summed E-state index contributed by atoms with van der Waals surface area (Å²) < 4.78 is 5.53. The first-order valence-electron chi connectivity index (χ1n) is 6.81. The van der Waals surface area contributed by atoms with Gasteiger partial charge in [0.05, 0.1) is 6.10 Å². The van der Waals surface area contributed by atoms with Crippen LogP contribution in [0.5, 0.6) is 0 Å². The molecule has 0 aliphatic heterocycles. The van der Waals surface area contributed by atoms with E-state index >= 15 is 0 Å². The lowest BCUT2D eigenvalue weighted by atomic mass is 9.89. The van der Waals surface area contributed by atoms with E-state index in [1.165, 1.54) is 12.8 Å². The fourth-order valence-electron chi connectivity index (χ4n) is 1.81. The van der Waals surface area contributed by atoms with Crippen LogP contribution in [0.25, 0.3) is 0 Å². The van der Waals surface area contributed by atoms with Gasteiger partial charge >= 0.3 is 0 Å². The van der Waals surface area contributed by atoms with E-state index in [0.29, 0.717) is 0 Å². The molecule has 0 amide bonds. The molecule has 4 nitrogen and oxygen atoms in total. The molecule has 5 heteroatoms. The largest absolute Gasteiger partial charge is 0.379 e. The highest BCUT2D eigenvalue weighted by atomic mass is 127. The van der Waals surface area contributed by atoms with Crippen LogP contribution >= 0.6 is 24.0 Å². The summed E-state index contributed by atoms with van der Waals surface area (Å²) in [7, 11) is 5.66. The summed E-state index contributed by atoms with van der Waals surface area (Å²) in [6.45, 7) is 10.6. The van der Waals surface area contributed by atoms with E-state index in [1.54, 1.807) is 7.11 Å². The number of aliphatic imine (C=N–C) groups is 1. The summed E-state index contributed by atoms with van der Waals surface area (Å²) in [5.74, 6) is 0.940. The summed E-state index contributed by atoms with van der Waals surface area (Å²) in [6, 6.07) is 0. The van der Waals surface area contributed by atoms with Gasteiger partial charge in [0.1, 0.15) is 0 Å². The Morgan fingerprint density at radius 2 is 1.95 bits per heavy atom. The molecule has 0 rings (SSSR count). The smallest absolute Gasteiger partial charge is 0.193 e. The Labute approximate surface area is 136 Å². The third kappa shape index (κ3) is 8.68. The summed E-state index contributed by atoms with van der Waals surface area (Å²) in [4.78, 5) is 6.47. The first kappa shape index (κ1) is 21.3. The van der Waals surface area contributed by atoms with Crippen molar-refractivity contribution in [2.24, 2.45) is 10.4 Å². The van der Waals surface area contributed by atoms with Crippen LogP contribution in [0.4, 0.5) is 0 Å². The Bertz CT molecular complexity index is 252. The standard InChI is InChI=1S/C14H31N3O.HI/c1-8-9-10-17(6)13(15-5)16-11-12(18-7)14(2,3)4;/h12H,8-11H2,1-7H3,(H,15,16);1H. The van der Waals surface area contributed by atoms with Gasteiger partial charge in [-0.25, -0.2) is 0 Å². The second-order valence-electron chi connectivity index (χ2n) is 5.79. The average molecular weight is 385 g/mol. The Morgan fingerprint density at radius 1 is 1.37 bits per heavy atom. The molecule has 0 saturated heterocycles. The molecule has 1 unspecified atom stereocenters. The zero-order chi connectivity index (χ0) is 14.2. The first-order chi connectivity index (χ1) is 8.36. The maximum atomic E-state index is 5.53. The van der Waals surface area contributed by atoms with Crippen molar-refractivity contribution in [2.45, 2.75) is 46.6 Å². The molecule has 1 N–H and O–H groups in total. The predicted octanol–water partition coefficient (Wildman–Crippen LogP) is 2.97.